The molecule has 0 saturated carbocycles. The van der Waals surface area contributed by atoms with Crippen molar-refractivity contribution < 1.29 is 19.1 Å². The number of halogens is 2. The number of fused-ring (bicyclic) bond motifs is 1. The highest BCUT2D eigenvalue weighted by atomic mass is 79.9. The second-order valence-electron chi connectivity index (χ2n) is 5.73. The lowest BCUT2D eigenvalue weighted by Crippen LogP contribution is -2.13. The van der Waals surface area contributed by atoms with Crippen LogP contribution >= 0.6 is 38.9 Å². The van der Waals surface area contributed by atoms with Gasteiger partial charge in [0, 0.05) is 16.0 Å². The summed E-state index contributed by atoms with van der Waals surface area (Å²) in [7, 11) is 0. The summed E-state index contributed by atoms with van der Waals surface area (Å²) in [6, 6.07) is 12.1. The fraction of sp³-hybridized carbons (Fsp3) is 0. The van der Waals surface area contributed by atoms with Gasteiger partial charge in [-0.2, -0.15) is 0 Å². The summed E-state index contributed by atoms with van der Waals surface area (Å²) in [6.45, 7) is 0. The van der Waals surface area contributed by atoms with Crippen LogP contribution in [0, 0.1) is 0 Å². The summed E-state index contributed by atoms with van der Waals surface area (Å²) in [5.41, 5.74) is 2.14. The van der Waals surface area contributed by atoms with Crippen molar-refractivity contribution in [1.82, 2.24) is 4.98 Å². The number of amides is 1. The Morgan fingerprint density at radius 1 is 1.18 bits per heavy atom. The standard InChI is InChI=1S/C19H10BrClN2O4S/c20-12-2-1-3-13-15(12)27-17(22-13)16(24)23-18-14(19(25)26)11(8-28-18)9-4-6-10(21)7-5-9/h1-8H,(H,23,24)(H,25,26). The number of anilines is 1. The van der Waals surface area contributed by atoms with Crippen LogP contribution in [0.4, 0.5) is 5.00 Å². The highest BCUT2D eigenvalue weighted by molar-refractivity contribution is 9.10. The average Bonchev–Trinajstić information content (AvgIpc) is 3.27. The topological polar surface area (TPSA) is 92.4 Å². The molecule has 2 N–H and O–H groups in total. The molecule has 4 rings (SSSR count). The number of carbonyl (C=O) groups is 2. The maximum absolute atomic E-state index is 12.6. The molecule has 4 aromatic rings. The van der Waals surface area contributed by atoms with E-state index in [0.29, 0.717) is 31.7 Å². The molecule has 0 aliphatic heterocycles. The van der Waals surface area contributed by atoms with E-state index < -0.39 is 11.9 Å². The number of thiophene rings is 1. The fourth-order valence-corrected chi connectivity index (χ4v) is 4.19. The molecule has 0 spiro atoms. The minimum Gasteiger partial charge on any atom is -0.478 e. The molecular weight excluding hydrogens is 468 g/mol. The van der Waals surface area contributed by atoms with Crippen LogP contribution in [0.25, 0.3) is 22.2 Å². The van der Waals surface area contributed by atoms with Gasteiger partial charge in [0.15, 0.2) is 5.58 Å². The first-order valence-corrected chi connectivity index (χ1v) is 9.96. The van der Waals surface area contributed by atoms with E-state index in [1.54, 1.807) is 47.8 Å². The number of oxazole rings is 1. The van der Waals surface area contributed by atoms with Gasteiger partial charge in [-0.25, -0.2) is 9.78 Å². The van der Waals surface area contributed by atoms with Crippen LogP contribution in [0.2, 0.25) is 5.02 Å². The summed E-state index contributed by atoms with van der Waals surface area (Å²) in [4.78, 5) is 28.6. The van der Waals surface area contributed by atoms with Crippen LogP contribution in [0.5, 0.6) is 0 Å². The molecule has 2 aromatic carbocycles. The van der Waals surface area contributed by atoms with Crippen LogP contribution in [-0.2, 0) is 0 Å². The van der Waals surface area contributed by atoms with E-state index in [9.17, 15) is 14.7 Å². The third-order valence-electron chi connectivity index (χ3n) is 3.95. The number of aromatic nitrogens is 1. The van der Waals surface area contributed by atoms with Gasteiger partial charge in [-0.3, -0.25) is 4.79 Å². The van der Waals surface area contributed by atoms with Crippen molar-refractivity contribution >= 4 is 66.8 Å². The third kappa shape index (κ3) is 3.42. The molecule has 0 aliphatic carbocycles. The number of para-hydroxylation sites is 1. The van der Waals surface area contributed by atoms with Gasteiger partial charge in [-0.05, 0) is 45.8 Å². The number of carbonyl (C=O) groups excluding carboxylic acids is 1. The Morgan fingerprint density at radius 2 is 1.93 bits per heavy atom. The fourth-order valence-electron chi connectivity index (χ4n) is 2.67. The molecule has 0 radical (unpaired) electrons. The molecule has 0 fully saturated rings. The minimum atomic E-state index is -1.15. The zero-order valence-electron chi connectivity index (χ0n) is 13.9. The van der Waals surface area contributed by atoms with Gasteiger partial charge >= 0.3 is 11.9 Å². The zero-order valence-corrected chi connectivity index (χ0v) is 17.1. The third-order valence-corrected chi connectivity index (χ3v) is 5.72. The first-order chi connectivity index (χ1) is 13.4. The smallest absolute Gasteiger partial charge is 0.339 e. The van der Waals surface area contributed by atoms with E-state index in [1.165, 1.54) is 0 Å². The highest BCUT2D eigenvalue weighted by Gasteiger charge is 2.23. The number of rotatable bonds is 4. The molecule has 1 amide bonds. The Morgan fingerprint density at radius 3 is 2.61 bits per heavy atom. The van der Waals surface area contributed by atoms with Gasteiger partial charge in [0.25, 0.3) is 5.89 Å². The van der Waals surface area contributed by atoms with Crippen molar-refractivity contribution in [2.24, 2.45) is 0 Å². The van der Waals surface area contributed by atoms with Crippen molar-refractivity contribution in [3.63, 3.8) is 0 Å². The number of hydrogen-bond acceptors (Lipinski definition) is 5. The molecule has 0 atom stereocenters. The van der Waals surface area contributed by atoms with Crippen molar-refractivity contribution in [1.29, 1.82) is 0 Å². The van der Waals surface area contributed by atoms with Gasteiger partial charge in [0.05, 0.1) is 4.47 Å². The number of benzene rings is 2. The number of aromatic carboxylic acids is 1. The quantitative estimate of drug-likeness (QED) is 0.380. The molecule has 2 aromatic heterocycles. The minimum absolute atomic E-state index is 0.00189. The lowest BCUT2D eigenvalue weighted by atomic mass is 10.0. The van der Waals surface area contributed by atoms with E-state index in [4.69, 9.17) is 16.0 Å². The molecule has 6 nitrogen and oxygen atoms in total. The van der Waals surface area contributed by atoms with Crippen molar-refractivity contribution in [2.75, 3.05) is 5.32 Å². The van der Waals surface area contributed by atoms with Gasteiger partial charge in [-0.15, -0.1) is 11.3 Å². The largest absolute Gasteiger partial charge is 0.478 e. The molecule has 140 valence electrons. The lowest BCUT2D eigenvalue weighted by molar-refractivity contribution is 0.0699. The number of carboxylic acid groups (broad SMARTS) is 1. The van der Waals surface area contributed by atoms with Gasteiger partial charge < -0.3 is 14.8 Å². The Bertz CT molecular complexity index is 1220. The Kier molecular flexibility index (Phi) is 4.92. The second kappa shape index (κ2) is 7.38. The van der Waals surface area contributed by atoms with Crippen molar-refractivity contribution in [2.45, 2.75) is 0 Å². The monoisotopic (exact) mass is 476 g/mol. The molecule has 9 heteroatoms. The highest BCUT2D eigenvalue weighted by Crippen LogP contribution is 2.36. The van der Waals surface area contributed by atoms with Crippen LogP contribution in [-0.4, -0.2) is 22.0 Å². The molecule has 0 aliphatic rings. The van der Waals surface area contributed by atoms with Crippen LogP contribution < -0.4 is 5.32 Å². The van der Waals surface area contributed by atoms with E-state index in [2.05, 4.69) is 26.2 Å². The number of nitrogens with one attached hydrogen (secondary N) is 1. The van der Waals surface area contributed by atoms with E-state index >= 15 is 0 Å². The molecule has 0 bridgehead atoms. The maximum atomic E-state index is 12.6. The molecular formula is C19H10BrClN2O4S. The second-order valence-corrected chi connectivity index (χ2v) is 7.90. The Hall–Kier alpha value is -2.68. The van der Waals surface area contributed by atoms with Crippen LogP contribution in [0.3, 0.4) is 0 Å². The number of nitrogens with zero attached hydrogens (tertiary/aromatic N) is 1. The summed E-state index contributed by atoms with van der Waals surface area (Å²) >= 11 is 10.3. The van der Waals surface area contributed by atoms with E-state index in [1.807, 2.05) is 0 Å². The van der Waals surface area contributed by atoms with Gasteiger partial charge in [0.2, 0.25) is 0 Å². The zero-order chi connectivity index (χ0) is 19.8. The van der Waals surface area contributed by atoms with E-state index in [-0.39, 0.29) is 16.5 Å². The summed E-state index contributed by atoms with van der Waals surface area (Å²) in [5, 5.41) is 14.7. The summed E-state index contributed by atoms with van der Waals surface area (Å²) < 4.78 is 6.18. The van der Waals surface area contributed by atoms with E-state index in [0.717, 1.165) is 11.3 Å². The lowest BCUT2D eigenvalue weighted by Gasteiger charge is -2.04. The van der Waals surface area contributed by atoms with Gasteiger partial charge in [0.1, 0.15) is 16.1 Å². The van der Waals surface area contributed by atoms with Crippen LogP contribution in [0.15, 0.2) is 56.7 Å². The number of hydrogen-bond donors (Lipinski definition) is 2. The molecule has 0 saturated heterocycles. The van der Waals surface area contributed by atoms with Crippen molar-refractivity contribution in [3.05, 3.63) is 68.8 Å². The predicted octanol–water partition coefficient (Wildman–Crippen LogP) is 5.92. The summed E-state index contributed by atoms with van der Waals surface area (Å²) in [5.74, 6) is -1.93. The first-order valence-electron chi connectivity index (χ1n) is 7.91. The summed E-state index contributed by atoms with van der Waals surface area (Å²) in [6.07, 6.45) is 0. The molecule has 2 heterocycles. The first kappa shape index (κ1) is 18.7. The predicted molar refractivity (Wildman–Crippen MR) is 111 cm³/mol. The SMILES string of the molecule is O=C(Nc1scc(-c2ccc(Cl)cc2)c1C(=O)O)c1nc2cccc(Br)c2o1. The molecule has 28 heavy (non-hydrogen) atoms. The van der Waals surface area contributed by atoms with Crippen molar-refractivity contribution in [3.8, 4) is 11.1 Å². The maximum Gasteiger partial charge on any atom is 0.339 e. The number of carboxylic acids is 1. The van der Waals surface area contributed by atoms with Crippen LogP contribution in [0.1, 0.15) is 21.0 Å². The average molecular weight is 478 g/mol. The normalized spacial score (nSPS) is 10.9. The Labute approximate surface area is 175 Å². The Balaban J connectivity index is 1.69. The molecule has 0 unspecified atom stereocenters. The van der Waals surface area contributed by atoms with Gasteiger partial charge in [-0.1, -0.05) is 29.8 Å².